The molecule has 2 N–H and O–H groups in total. The van der Waals surface area contributed by atoms with E-state index in [0.29, 0.717) is 18.0 Å². The van der Waals surface area contributed by atoms with Crippen LogP contribution in [-0.4, -0.2) is 54.2 Å². The van der Waals surface area contributed by atoms with Gasteiger partial charge in [-0.1, -0.05) is 31.9 Å². The van der Waals surface area contributed by atoms with Gasteiger partial charge in [0.1, 0.15) is 5.75 Å². The molecule has 1 saturated carbocycles. The third-order valence-corrected chi connectivity index (χ3v) is 6.29. The van der Waals surface area contributed by atoms with Crippen molar-refractivity contribution in [3.05, 3.63) is 29.8 Å². The molecule has 2 fully saturated rings. The van der Waals surface area contributed by atoms with Crippen LogP contribution in [0.15, 0.2) is 24.3 Å². The molecule has 4 atom stereocenters. The van der Waals surface area contributed by atoms with Crippen molar-refractivity contribution in [2.75, 3.05) is 20.1 Å². The summed E-state index contributed by atoms with van der Waals surface area (Å²) in [5.74, 6) is -0.521. The van der Waals surface area contributed by atoms with Crippen molar-refractivity contribution < 1.29 is 23.0 Å². The fraction of sp³-hybridized carbons (Fsp3) is 0.700. The van der Waals surface area contributed by atoms with Crippen LogP contribution in [0.5, 0.6) is 5.75 Å². The van der Waals surface area contributed by atoms with Crippen LogP contribution in [-0.2, 0) is 0 Å². The number of ether oxygens (including phenoxy) is 1. The van der Waals surface area contributed by atoms with Gasteiger partial charge in [-0.25, -0.2) is 0 Å². The van der Waals surface area contributed by atoms with Crippen molar-refractivity contribution >= 4 is 24.8 Å². The monoisotopic (exact) mass is 458 g/mol. The molecular formula is C20H31Cl2F3N2O2. The molecule has 1 aromatic carbocycles. The highest BCUT2D eigenvalue weighted by Crippen LogP contribution is 2.43. The second-order valence-corrected chi connectivity index (χ2v) is 7.86. The summed E-state index contributed by atoms with van der Waals surface area (Å²) in [6, 6.07) is 6.48. The van der Waals surface area contributed by atoms with Gasteiger partial charge in [-0.2, -0.15) is 0 Å². The molecule has 2 aliphatic rings. The Bertz CT molecular complexity index is 650. The Morgan fingerprint density at radius 1 is 1.24 bits per heavy atom. The van der Waals surface area contributed by atoms with E-state index in [2.05, 4.69) is 15.0 Å². The topological polar surface area (TPSA) is 44.7 Å². The Labute approximate surface area is 183 Å². The summed E-state index contributed by atoms with van der Waals surface area (Å²) in [6.07, 6.45) is -0.104. The zero-order valence-electron chi connectivity index (χ0n) is 16.7. The third-order valence-electron chi connectivity index (χ3n) is 6.29. The van der Waals surface area contributed by atoms with Gasteiger partial charge in [0.05, 0.1) is 5.60 Å². The van der Waals surface area contributed by atoms with Gasteiger partial charge < -0.3 is 15.2 Å². The van der Waals surface area contributed by atoms with Crippen LogP contribution >= 0.6 is 24.8 Å². The molecule has 168 valence electrons. The van der Waals surface area contributed by atoms with Gasteiger partial charge in [0.15, 0.2) is 0 Å². The summed E-state index contributed by atoms with van der Waals surface area (Å²) in [6.45, 7) is 3.74. The average molecular weight is 459 g/mol. The Morgan fingerprint density at radius 3 is 2.59 bits per heavy atom. The van der Waals surface area contributed by atoms with Crippen molar-refractivity contribution in [2.45, 2.75) is 69.0 Å². The minimum Gasteiger partial charge on any atom is -0.406 e. The first-order chi connectivity index (χ1) is 12.7. The van der Waals surface area contributed by atoms with Gasteiger partial charge in [-0.05, 0) is 44.0 Å². The van der Waals surface area contributed by atoms with E-state index in [-0.39, 0.29) is 42.5 Å². The van der Waals surface area contributed by atoms with Crippen LogP contribution in [0.25, 0.3) is 0 Å². The van der Waals surface area contributed by atoms with Gasteiger partial charge in [-0.15, -0.1) is 38.0 Å². The van der Waals surface area contributed by atoms with E-state index in [4.69, 9.17) is 0 Å². The highest BCUT2D eigenvalue weighted by molar-refractivity contribution is 5.85. The number of halogens is 5. The molecule has 3 rings (SSSR count). The number of hydrogen-bond donors (Lipinski definition) is 2. The van der Waals surface area contributed by atoms with E-state index < -0.39 is 12.0 Å². The number of nitrogens with zero attached hydrogens (tertiary/aromatic N) is 1. The van der Waals surface area contributed by atoms with Gasteiger partial charge in [0.25, 0.3) is 0 Å². The van der Waals surface area contributed by atoms with Crippen LogP contribution in [0, 0.1) is 0 Å². The van der Waals surface area contributed by atoms with E-state index >= 15 is 0 Å². The van der Waals surface area contributed by atoms with Crippen LogP contribution in [0.2, 0.25) is 0 Å². The van der Waals surface area contributed by atoms with Crippen molar-refractivity contribution in [1.82, 2.24) is 10.2 Å². The molecule has 0 aromatic heterocycles. The van der Waals surface area contributed by atoms with Gasteiger partial charge in [0.2, 0.25) is 0 Å². The molecular weight excluding hydrogens is 428 g/mol. The number of hydrogen-bond acceptors (Lipinski definition) is 4. The molecule has 29 heavy (non-hydrogen) atoms. The normalized spacial score (nSPS) is 28.9. The zero-order chi connectivity index (χ0) is 19.7. The number of alkyl halides is 3. The highest BCUT2D eigenvalue weighted by Gasteiger charge is 2.47. The summed E-state index contributed by atoms with van der Waals surface area (Å²) < 4.78 is 41.7. The largest absolute Gasteiger partial charge is 0.573 e. The first kappa shape index (κ1) is 26.3. The smallest absolute Gasteiger partial charge is 0.406 e. The van der Waals surface area contributed by atoms with Crippen molar-refractivity contribution in [3.63, 3.8) is 0 Å². The minimum absolute atomic E-state index is 0. The molecule has 1 saturated heterocycles. The van der Waals surface area contributed by atoms with Crippen molar-refractivity contribution in [1.29, 1.82) is 0 Å². The lowest BCUT2D eigenvalue weighted by Crippen LogP contribution is -2.57. The fourth-order valence-corrected chi connectivity index (χ4v) is 4.74. The lowest BCUT2D eigenvalue weighted by molar-refractivity contribution is -0.274. The molecule has 0 radical (unpaired) electrons. The molecule has 0 bridgehead atoms. The maximum absolute atomic E-state index is 12.6. The molecule has 0 spiro atoms. The van der Waals surface area contributed by atoms with Crippen LogP contribution in [0.3, 0.4) is 0 Å². The van der Waals surface area contributed by atoms with Crippen LogP contribution in [0.1, 0.15) is 50.5 Å². The highest BCUT2D eigenvalue weighted by atomic mass is 35.5. The molecule has 9 heteroatoms. The molecule has 1 aliphatic carbocycles. The van der Waals surface area contributed by atoms with Gasteiger partial charge in [-0.3, -0.25) is 4.90 Å². The molecule has 4 nitrogen and oxygen atoms in total. The number of likely N-dealkylation sites (tertiary alicyclic amines) is 1. The summed E-state index contributed by atoms with van der Waals surface area (Å²) in [7, 11) is 1.95. The summed E-state index contributed by atoms with van der Waals surface area (Å²) >= 11 is 0. The fourth-order valence-electron chi connectivity index (χ4n) is 4.74. The predicted octanol–water partition coefficient (Wildman–Crippen LogP) is 4.50. The number of aliphatic hydroxyl groups is 1. The zero-order valence-corrected chi connectivity index (χ0v) is 18.4. The second-order valence-electron chi connectivity index (χ2n) is 7.86. The summed E-state index contributed by atoms with van der Waals surface area (Å²) in [5, 5.41) is 15.0. The molecule has 3 unspecified atom stereocenters. The van der Waals surface area contributed by atoms with E-state index in [1.165, 1.54) is 12.1 Å². The van der Waals surface area contributed by atoms with E-state index in [0.717, 1.165) is 38.8 Å². The Hall–Kier alpha value is -0.730. The molecule has 0 amide bonds. The lowest BCUT2D eigenvalue weighted by atomic mass is 9.70. The van der Waals surface area contributed by atoms with Crippen molar-refractivity contribution in [3.8, 4) is 5.75 Å². The maximum atomic E-state index is 12.6. The quantitative estimate of drug-likeness (QED) is 0.681. The third kappa shape index (κ3) is 6.14. The Balaban J connectivity index is 0.00000210. The molecule has 1 heterocycles. The first-order valence-electron chi connectivity index (χ1n) is 9.72. The van der Waals surface area contributed by atoms with E-state index in [9.17, 15) is 18.3 Å². The lowest BCUT2D eigenvalue weighted by Gasteiger charge is -2.48. The van der Waals surface area contributed by atoms with E-state index in [1.807, 2.05) is 14.0 Å². The number of benzene rings is 1. The Kier molecular flexibility index (Phi) is 9.55. The minimum atomic E-state index is -4.72. The summed E-state index contributed by atoms with van der Waals surface area (Å²) in [4.78, 5) is 2.35. The SMILES string of the molecule is CN[C@@H]1CCN(C2CCCCC2(O)C(C)c2cccc(OC(F)(F)F)c2)C1.Cl.Cl. The number of nitrogens with one attached hydrogen (secondary N) is 1. The van der Waals surface area contributed by atoms with Crippen LogP contribution < -0.4 is 10.1 Å². The molecule has 1 aliphatic heterocycles. The number of likely N-dealkylation sites (N-methyl/N-ethyl adjacent to an activating group) is 1. The Morgan fingerprint density at radius 2 is 1.97 bits per heavy atom. The van der Waals surface area contributed by atoms with Gasteiger partial charge in [0, 0.05) is 31.1 Å². The average Bonchev–Trinajstić information content (AvgIpc) is 3.09. The van der Waals surface area contributed by atoms with Gasteiger partial charge >= 0.3 is 6.36 Å². The standard InChI is InChI=1S/C20H29F3N2O2.2ClH/c1-14(15-6-5-7-17(12-15)27-20(21,22)23)19(26)10-4-3-8-18(19)25-11-9-16(13-25)24-2;;/h5-7,12,14,16,18,24,26H,3-4,8-11,13H2,1-2H3;2*1H/t14?,16-,18?,19?;;/m1../s1. The first-order valence-corrected chi connectivity index (χ1v) is 9.72. The number of rotatable bonds is 5. The van der Waals surface area contributed by atoms with E-state index in [1.54, 1.807) is 12.1 Å². The molecule has 1 aromatic rings. The summed E-state index contributed by atoms with van der Waals surface area (Å²) in [5.41, 5.74) is -0.284. The van der Waals surface area contributed by atoms with Crippen molar-refractivity contribution in [2.24, 2.45) is 0 Å². The predicted molar refractivity (Wildman–Crippen MR) is 112 cm³/mol. The van der Waals surface area contributed by atoms with Crippen LogP contribution in [0.4, 0.5) is 13.2 Å². The maximum Gasteiger partial charge on any atom is 0.573 e. The second kappa shape index (κ2) is 10.5.